The number of piperazine rings is 6. The van der Waals surface area contributed by atoms with Crippen molar-refractivity contribution in [3.63, 3.8) is 0 Å². The second-order valence-corrected chi connectivity index (χ2v) is 36.4. The van der Waals surface area contributed by atoms with E-state index in [0.717, 1.165) is 176 Å². The lowest BCUT2D eigenvalue weighted by molar-refractivity contribution is -0.165. The lowest BCUT2D eigenvalue weighted by atomic mass is 9.84. The summed E-state index contributed by atoms with van der Waals surface area (Å²) in [5.74, 6) is 1.39. The van der Waals surface area contributed by atoms with Crippen LogP contribution in [0.2, 0.25) is 0 Å². The first-order chi connectivity index (χ1) is 50.8. The zero-order valence-electron chi connectivity index (χ0n) is 67.3. The van der Waals surface area contributed by atoms with Gasteiger partial charge in [-0.1, -0.05) is 0 Å². The summed E-state index contributed by atoms with van der Waals surface area (Å²) in [5.41, 5.74) is 0. The lowest BCUT2D eigenvalue weighted by Crippen LogP contribution is -2.72. The third-order valence-corrected chi connectivity index (χ3v) is 27.7. The molecule has 23 saturated heterocycles. The molecule has 106 heavy (non-hydrogen) atoms. The van der Waals surface area contributed by atoms with E-state index < -0.39 is 6.17 Å². The Morgan fingerprint density at radius 3 is 0.962 bits per heavy atom. The average molecular weight is 1490 g/mol. The zero-order chi connectivity index (χ0) is 75.1. The molecular weight excluding hydrogens is 1350 g/mol. The third-order valence-electron chi connectivity index (χ3n) is 27.7. The molecule has 16 unspecified atom stereocenters. The van der Waals surface area contributed by atoms with Gasteiger partial charge in [-0.15, -0.1) is 0 Å². The molecular formula is C80H138FN15O10. The Bertz CT molecular complexity index is 2700. The average Bonchev–Trinajstić information content (AvgIpc) is 1.24. The highest BCUT2D eigenvalue weighted by Crippen LogP contribution is 2.41. The molecule has 23 fully saturated rings. The van der Waals surface area contributed by atoms with Crippen LogP contribution in [0, 0.1) is 11.8 Å². The van der Waals surface area contributed by atoms with Crippen LogP contribution in [0.1, 0.15) is 179 Å². The zero-order valence-corrected chi connectivity index (χ0v) is 67.3. The van der Waals surface area contributed by atoms with Gasteiger partial charge in [0.05, 0.1) is 25.2 Å². The Morgan fingerprint density at radius 1 is 0.330 bits per heavy atom. The van der Waals surface area contributed by atoms with Crippen LogP contribution in [0.25, 0.3) is 0 Å². The van der Waals surface area contributed by atoms with Crippen LogP contribution in [-0.2, 0) is 33.3 Å². The van der Waals surface area contributed by atoms with Crippen molar-refractivity contribution in [3.8, 4) is 0 Å². The third kappa shape index (κ3) is 17.4. The van der Waals surface area contributed by atoms with Crippen molar-refractivity contribution >= 4 is 35.8 Å². The van der Waals surface area contributed by atoms with E-state index in [2.05, 4.69) is 137 Å². The van der Waals surface area contributed by atoms with Gasteiger partial charge in [0, 0.05) is 259 Å². The fourth-order valence-electron chi connectivity index (χ4n) is 20.8. The smallest absolute Gasteiger partial charge is 0.320 e. The number of piperidine rings is 6. The highest BCUT2D eigenvalue weighted by atomic mass is 19.1. The molecule has 23 heterocycles. The van der Waals surface area contributed by atoms with Gasteiger partial charge in [0.15, 0.2) is 0 Å². The van der Waals surface area contributed by atoms with Gasteiger partial charge in [0.2, 0.25) is 11.8 Å². The number of hydrogen-bond acceptors (Lipinski definition) is 16. The molecule has 0 aromatic heterocycles. The Balaban J connectivity index is 0.000000113. The van der Waals surface area contributed by atoms with Crippen LogP contribution in [0.4, 0.5) is 18.8 Å². The van der Waals surface area contributed by atoms with E-state index in [0.29, 0.717) is 153 Å². The second-order valence-electron chi connectivity index (χ2n) is 36.4. The van der Waals surface area contributed by atoms with Gasteiger partial charge in [0.1, 0.15) is 12.3 Å². The van der Waals surface area contributed by atoms with Crippen molar-refractivity contribution < 1.29 is 52.1 Å². The molecule has 26 heteroatoms. The number of urea groups is 3. The maximum atomic E-state index is 13.2. The van der Waals surface area contributed by atoms with Crippen LogP contribution in [-0.4, -0.2) is 394 Å². The summed E-state index contributed by atoms with van der Waals surface area (Å²) in [6, 6.07) is 9.59. The molecule has 0 spiro atoms. The Kier molecular flexibility index (Phi) is 26.2. The molecule has 0 N–H and O–H groups in total. The van der Waals surface area contributed by atoms with Gasteiger partial charge in [-0.25, -0.2) is 18.8 Å². The Hall–Kier alpha value is -4.25. The number of likely N-dealkylation sites (tertiary alicyclic amines) is 5. The monoisotopic (exact) mass is 1490 g/mol. The van der Waals surface area contributed by atoms with Crippen LogP contribution < -0.4 is 0 Å². The summed E-state index contributed by atoms with van der Waals surface area (Å²) in [4.78, 5) is 108. The van der Waals surface area contributed by atoms with Crippen molar-refractivity contribution in [1.29, 1.82) is 0 Å². The van der Waals surface area contributed by atoms with Gasteiger partial charge in [-0.2, -0.15) is 0 Å². The maximum Gasteiger partial charge on any atom is 0.320 e. The Labute approximate surface area is 634 Å². The molecule has 16 atom stereocenters. The maximum absolute atomic E-state index is 13.2. The number of carbonyl (C=O) groups excluding carboxylic acids is 6. The minimum Gasteiger partial charge on any atom is -0.381 e. The molecule has 12 bridgehead atoms. The predicted molar refractivity (Wildman–Crippen MR) is 406 cm³/mol. The van der Waals surface area contributed by atoms with Crippen molar-refractivity contribution in [2.75, 3.05) is 158 Å². The SMILES string of the molecule is CC(C)N1CC2CC(C1)N2C(=O)C1CCCO1.CC(C)N1CC2CC(C1)N2C(=O)C1CCOC1.CC(C)N1CC2CC(C1)N2C(=O)C1CCOCC1.CC(C)N1CC2CC(C1)N2C(=O)N1CCC(F)C1.CC(C)N1CC2CC(C1)N2C(=O)N1CCCC1.COC1CCN(C(=O)N2C3CC2CN(C(C)C)C3)C1. The van der Waals surface area contributed by atoms with E-state index in [9.17, 15) is 33.2 Å². The number of alkyl halides is 1. The molecule has 0 aliphatic carbocycles. The van der Waals surface area contributed by atoms with Crippen molar-refractivity contribution in [1.82, 2.24) is 73.5 Å². The van der Waals surface area contributed by atoms with Gasteiger partial charge >= 0.3 is 18.1 Å². The number of rotatable bonds is 10. The number of carbonyl (C=O) groups is 6. The van der Waals surface area contributed by atoms with Gasteiger partial charge in [0.25, 0.3) is 5.91 Å². The van der Waals surface area contributed by atoms with Crippen LogP contribution in [0.15, 0.2) is 0 Å². The second kappa shape index (κ2) is 34.8. The normalized spacial score (nSPS) is 35.4. The predicted octanol–water partition coefficient (Wildman–Crippen LogP) is 6.36. The molecule has 23 aliphatic heterocycles. The quantitative estimate of drug-likeness (QED) is 0.235. The molecule has 0 saturated carbocycles. The fourth-order valence-corrected chi connectivity index (χ4v) is 20.8. The summed E-state index contributed by atoms with van der Waals surface area (Å²) in [5, 5.41) is 0. The summed E-state index contributed by atoms with van der Waals surface area (Å²) in [6.07, 6.45) is 15.0. The largest absolute Gasteiger partial charge is 0.381 e. The molecule has 23 aliphatic rings. The highest BCUT2D eigenvalue weighted by molar-refractivity contribution is 5.83. The van der Waals surface area contributed by atoms with E-state index in [4.69, 9.17) is 18.9 Å². The van der Waals surface area contributed by atoms with Crippen LogP contribution in [0.5, 0.6) is 0 Å². The van der Waals surface area contributed by atoms with E-state index in [1.807, 2.05) is 14.7 Å². The first-order valence-electron chi connectivity index (χ1n) is 42.4. The van der Waals surface area contributed by atoms with Gasteiger partial charge in [-0.05, 0) is 179 Å². The van der Waals surface area contributed by atoms with Crippen LogP contribution in [0.3, 0.4) is 0 Å². The number of fused-ring (bicyclic) bond motifs is 12. The molecule has 0 aromatic carbocycles. The summed E-state index contributed by atoms with van der Waals surface area (Å²) in [7, 11) is 1.73. The number of halogens is 1. The minimum atomic E-state index is -0.817. The topological polar surface area (TPSA) is 188 Å². The van der Waals surface area contributed by atoms with Gasteiger partial charge in [-0.3, -0.25) is 43.8 Å². The van der Waals surface area contributed by atoms with E-state index in [1.54, 1.807) is 12.0 Å². The number of methoxy groups -OCH3 is 1. The minimum absolute atomic E-state index is 0.0693. The molecule has 0 aromatic rings. The van der Waals surface area contributed by atoms with Crippen molar-refractivity contribution in [2.45, 2.75) is 307 Å². The molecule has 25 nitrogen and oxygen atoms in total. The van der Waals surface area contributed by atoms with Crippen molar-refractivity contribution in [3.05, 3.63) is 0 Å². The molecule has 0 radical (unpaired) electrons. The standard InChI is InChI=1S/C14H25N3O2.C14H24N2O2.C13H22FN3O.C13H23N3O.2C13H22N2O2/c1-10(2)16-7-11-6-12(8-16)17(11)14(18)15-5-4-13(9-15)19-3;1-10(2)15-8-12-7-13(9-15)16(12)14(17)11-3-5-18-6-4-11;1-9(2)16-7-11-5-12(8-16)17(11)13(18)15-4-3-10(14)6-15;1-10(2)15-8-11-7-12(9-15)16(11)13(17)14-5-3-4-6-14;1-9(2)14-6-11-5-12(7-14)15(11)13(16)10-3-4-17-8-10;1-9(2)14-7-10-6-11(8-14)15(10)13(16)12-4-3-5-17-12/h10-13H,4-9H2,1-3H3;10-13H,3-9H2,1-2H3;9-12H,3-8H2,1-2H3;10-12H,3-9H2,1-2H3;2*9-12H,3-8H2,1-2H3. The highest BCUT2D eigenvalue weighted by Gasteiger charge is 2.55. The first kappa shape index (κ1) is 79.8. The van der Waals surface area contributed by atoms with Crippen LogP contribution >= 0.6 is 0 Å². The molecule has 600 valence electrons. The van der Waals surface area contributed by atoms with Crippen molar-refractivity contribution in [2.24, 2.45) is 11.8 Å². The summed E-state index contributed by atoms with van der Waals surface area (Å²) < 4.78 is 34.7. The fraction of sp³-hybridized carbons (Fsp3) is 0.925. The Morgan fingerprint density at radius 2 is 0.651 bits per heavy atom. The molecule has 9 amide bonds. The summed E-state index contributed by atoms with van der Waals surface area (Å²) >= 11 is 0. The summed E-state index contributed by atoms with van der Waals surface area (Å²) in [6.45, 7) is 47.5. The number of amides is 9. The lowest BCUT2D eigenvalue weighted by Gasteiger charge is -2.58. The first-order valence-corrected chi connectivity index (χ1v) is 42.4. The van der Waals surface area contributed by atoms with E-state index >= 15 is 0 Å². The molecule has 23 rings (SSSR count). The van der Waals surface area contributed by atoms with E-state index in [-0.39, 0.29) is 42.0 Å². The van der Waals surface area contributed by atoms with Gasteiger partial charge < -0.3 is 63.0 Å². The number of ether oxygens (including phenoxy) is 4. The van der Waals surface area contributed by atoms with E-state index in [1.165, 1.54) is 44.9 Å². The number of hydrogen-bond donors (Lipinski definition) is 0. The number of nitrogens with zero attached hydrogens (tertiary/aromatic N) is 15.